The Bertz CT molecular complexity index is 107. The zero-order valence-electron chi connectivity index (χ0n) is 7.68. The van der Waals surface area contributed by atoms with Crippen LogP contribution in [0.4, 0.5) is 0 Å². The summed E-state index contributed by atoms with van der Waals surface area (Å²) in [4.78, 5) is 0. The van der Waals surface area contributed by atoms with Gasteiger partial charge in [0.1, 0.15) is 0 Å². The summed E-state index contributed by atoms with van der Waals surface area (Å²) < 4.78 is 0. The van der Waals surface area contributed by atoms with Crippen molar-refractivity contribution in [3.05, 3.63) is 12.2 Å². The smallest absolute Gasteiger partial charge is 0.0234 e. The zero-order valence-corrected chi connectivity index (χ0v) is 7.68. The highest BCUT2D eigenvalue weighted by atomic mass is 14.2. The van der Waals surface area contributed by atoms with Crippen LogP contribution in [0.25, 0.3) is 0 Å². The molecule has 11 heavy (non-hydrogen) atoms. The van der Waals surface area contributed by atoms with Crippen molar-refractivity contribution in [3.63, 3.8) is 0 Å². The van der Waals surface area contributed by atoms with Crippen LogP contribution in [0.15, 0.2) is 12.2 Å². The first-order chi connectivity index (χ1) is 5.43. The van der Waals surface area contributed by atoms with E-state index in [9.17, 15) is 0 Å². The fourth-order valence-electron chi connectivity index (χ4n) is 1.76. The van der Waals surface area contributed by atoms with Crippen molar-refractivity contribution in [2.75, 3.05) is 0 Å². The predicted molar refractivity (Wildman–Crippen MR) is 50.6 cm³/mol. The Balaban J connectivity index is 2.03. The molecular weight excluding hydrogens is 132 g/mol. The van der Waals surface area contributed by atoms with E-state index in [1.165, 1.54) is 44.9 Å². The van der Waals surface area contributed by atoms with Crippen LogP contribution in [0, 0.1) is 5.92 Å². The van der Waals surface area contributed by atoms with Crippen LogP contribution in [0.3, 0.4) is 0 Å². The maximum atomic E-state index is 2.45. The standard InChI is InChI=1S/C11H20/c1-2-3-4-5-8-11-9-6-7-10-11/h5,8,11H,2-4,6-7,9-10H2,1H3/b8-5+. The quantitative estimate of drug-likeness (QED) is 0.423. The van der Waals surface area contributed by atoms with E-state index < -0.39 is 0 Å². The van der Waals surface area contributed by atoms with Gasteiger partial charge in [0.2, 0.25) is 0 Å². The predicted octanol–water partition coefficient (Wildman–Crippen LogP) is 3.92. The second-order valence-corrected chi connectivity index (χ2v) is 3.61. The van der Waals surface area contributed by atoms with E-state index in [0.717, 1.165) is 5.92 Å². The lowest BCUT2D eigenvalue weighted by Gasteiger charge is -1.98. The number of unbranched alkanes of at least 4 members (excludes halogenated alkanes) is 2. The molecule has 0 N–H and O–H groups in total. The zero-order chi connectivity index (χ0) is 7.94. The van der Waals surface area contributed by atoms with Gasteiger partial charge in [-0.1, -0.05) is 44.8 Å². The van der Waals surface area contributed by atoms with E-state index in [2.05, 4.69) is 19.1 Å². The summed E-state index contributed by atoms with van der Waals surface area (Å²) >= 11 is 0. The van der Waals surface area contributed by atoms with Crippen LogP contribution in [0.2, 0.25) is 0 Å². The molecule has 1 aliphatic rings. The first-order valence-electron chi connectivity index (χ1n) is 5.10. The Morgan fingerprint density at radius 1 is 1.27 bits per heavy atom. The molecule has 0 spiro atoms. The maximum absolute atomic E-state index is 2.45. The van der Waals surface area contributed by atoms with Gasteiger partial charge in [-0.3, -0.25) is 0 Å². The van der Waals surface area contributed by atoms with Gasteiger partial charge in [-0.2, -0.15) is 0 Å². The summed E-state index contributed by atoms with van der Waals surface area (Å²) in [7, 11) is 0. The Hall–Kier alpha value is -0.260. The molecule has 0 aliphatic heterocycles. The van der Waals surface area contributed by atoms with Crippen molar-refractivity contribution in [1.29, 1.82) is 0 Å². The summed E-state index contributed by atoms with van der Waals surface area (Å²) in [5, 5.41) is 0. The molecule has 0 bridgehead atoms. The second kappa shape index (κ2) is 5.40. The molecule has 0 radical (unpaired) electrons. The van der Waals surface area contributed by atoms with Gasteiger partial charge in [-0.15, -0.1) is 0 Å². The molecule has 0 aromatic rings. The monoisotopic (exact) mass is 152 g/mol. The molecule has 1 saturated carbocycles. The third kappa shape index (κ3) is 3.60. The largest absolute Gasteiger partial charge is 0.0883 e. The van der Waals surface area contributed by atoms with E-state index in [0.29, 0.717) is 0 Å². The average Bonchev–Trinajstić information content (AvgIpc) is 2.50. The van der Waals surface area contributed by atoms with Crippen LogP contribution in [-0.4, -0.2) is 0 Å². The van der Waals surface area contributed by atoms with Gasteiger partial charge in [-0.05, 0) is 25.2 Å². The van der Waals surface area contributed by atoms with Gasteiger partial charge >= 0.3 is 0 Å². The molecule has 0 amide bonds. The van der Waals surface area contributed by atoms with E-state index >= 15 is 0 Å². The summed E-state index contributed by atoms with van der Waals surface area (Å²) in [6.45, 7) is 2.25. The van der Waals surface area contributed by atoms with Gasteiger partial charge < -0.3 is 0 Å². The topological polar surface area (TPSA) is 0 Å². The molecule has 0 saturated heterocycles. The normalized spacial score (nSPS) is 20.1. The third-order valence-corrected chi connectivity index (χ3v) is 2.53. The second-order valence-electron chi connectivity index (χ2n) is 3.61. The summed E-state index contributed by atoms with van der Waals surface area (Å²) in [5.74, 6) is 0.937. The highest BCUT2D eigenvalue weighted by Gasteiger charge is 2.10. The molecule has 1 rings (SSSR count). The van der Waals surface area contributed by atoms with Gasteiger partial charge in [0.05, 0.1) is 0 Å². The van der Waals surface area contributed by atoms with E-state index in [4.69, 9.17) is 0 Å². The van der Waals surface area contributed by atoms with E-state index in [1.807, 2.05) is 0 Å². The molecule has 0 heteroatoms. The minimum atomic E-state index is 0.937. The Morgan fingerprint density at radius 3 is 2.64 bits per heavy atom. The van der Waals surface area contributed by atoms with Crippen LogP contribution in [-0.2, 0) is 0 Å². The van der Waals surface area contributed by atoms with E-state index in [-0.39, 0.29) is 0 Å². The summed E-state index contributed by atoms with van der Waals surface area (Å²) in [6.07, 6.45) is 14.6. The van der Waals surface area contributed by atoms with Crippen molar-refractivity contribution in [3.8, 4) is 0 Å². The summed E-state index contributed by atoms with van der Waals surface area (Å²) in [5.41, 5.74) is 0. The molecule has 64 valence electrons. The van der Waals surface area contributed by atoms with Crippen molar-refractivity contribution in [2.24, 2.45) is 5.92 Å². The lowest BCUT2D eigenvalue weighted by Crippen LogP contribution is -1.84. The molecule has 1 fully saturated rings. The first kappa shape index (κ1) is 8.83. The van der Waals surface area contributed by atoms with Gasteiger partial charge in [-0.25, -0.2) is 0 Å². The highest BCUT2D eigenvalue weighted by Crippen LogP contribution is 2.25. The molecule has 0 heterocycles. The highest BCUT2D eigenvalue weighted by molar-refractivity contribution is 4.90. The molecule has 0 aromatic heterocycles. The minimum absolute atomic E-state index is 0.937. The molecule has 0 aromatic carbocycles. The lowest BCUT2D eigenvalue weighted by atomic mass is 10.1. The SMILES string of the molecule is CCCC/C=C/C1CCCC1. The van der Waals surface area contributed by atoms with Crippen LogP contribution in [0.1, 0.15) is 51.9 Å². The van der Waals surface area contributed by atoms with Crippen molar-refractivity contribution in [1.82, 2.24) is 0 Å². The van der Waals surface area contributed by atoms with E-state index in [1.54, 1.807) is 0 Å². The van der Waals surface area contributed by atoms with Gasteiger partial charge in [0.25, 0.3) is 0 Å². The van der Waals surface area contributed by atoms with Crippen LogP contribution in [0.5, 0.6) is 0 Å². The number of allylic oxidation sites excluding steroid dienone is 2. The number of rotatable bonds is 4. The van der Waals surface area contributed by atoms with Crippen molar-refractivity contribution >= 4 is 0 Å². The molecule has 1 aliphatic carbocycles. The number of hydrogen-bond acceptors (Lipinski definition) is 0. The average molecular weight is 152 g/mol. The Kier molecular flexibility index (Phi) is 4.33. The number of hydrogen-bond donors (Lipinski definition) is 0. The Labute approximate surface area is 70.7 Å². The third-order valence-electron chi connectivity index (χ3n) is 2.53. The summed E-state index contributed by atoms with van der Waals surface area (Å²) in [6, 6.07) is 0. The fraction of sp³-hybridized carbons (Fsp3) is 0.818. The fourth-order valence-corrected chi connectivity index (χ4v) is 1.76. The maximum Gasteiger partial charge on any atom is -0.0234 e. The molecule has 0 nitrogen and oxygen atoms in total. The minimum Gasteiger partial charge on any atom is -0.0883 e. The molecular formula is C11H20. The van der Waals surface area contributed by atoms with Gasteiger partial charge in [0.15, 0.2) is 0 Å². The first-order valence-corrected chi connectivity index (χ1v) is 5.10. The van der Waals surface area contributed by atoms with Crippen LogP contribution < -0.4 is 0 Å². The van der Waals surface area contributed by atoms with Gasteiger partial charge in [0, 0.05) is 0 Å². The lowest BCUT2D eigenvalue weighted by molar-refractivity contribution is 0.679. The molecule has 0 atom stereocenters. The molecule has 0 unspecified atom stereocenters. The Morgan fingerprint density at radius 2 is 2.00 bits per heavy atom. The van der Waals surface area contributed by atoms with Crippen molar-refractivity contribution < 1.29 is 0 Å². The van der Waals surface area contributed by atoms with Crippen LogP contribution >= 0.6 is 0 Å². The van der Waals surface area contributed by atoms with Crippen molar-refractivity contribution in [2.45, 2.75) is 51.9 Å².